The van der Waals surface area contributed by atoms with Crippen LogP contribution in [0, 0.1) is 0 Å². The van der Waals surface area contributed by atoms with E-state index in [2.05, 4.69) is 17.0 Å². The Morgan fingerprint density at radius 2 is 2.36 bits per heavy atom. The van der Waals surface area contributed by atoms with Crippen LogP contribution in [0.25, 0.3) is 0 Å². The molecule has 0 saturated carbocycles. The van der Waals surface area contributed by atoms with Crippen molar-refractivity contribution in [1.29, 1.82) is 0 Å². The summed E-state index contributed by atoms with van der Waals surface area (Å²) in [5, 5.41) is 4.38. The molecule has 1 rings (SSSR count). The minimum Gasteiger partial charge on any atom is -0.302 e. The summed E-state index contributed by atoms with van der Waals surface area (Å²) in [4.78, 5) is 2.26. The number of hydrogen-bond acceptors (Lipinski definition) is 2. The van der Waals surface area contributed by atoms with Crippen LogP contribution in [0.15, 0.2) is 12.4 Å². The molecule has 80 valence electrons. The molecule has 3 nitrogen and oxygen atoms in total. The summed E-state index contributed by atoms with van der Waals surface area (Å²) < 4.78 is 1.83. The maximum Gasteiger partial charge on any atom is 0.0534 e. The van der Waals surface area contributed by atoms with E-state index in [1.807, 2.05) is 31.0 Å². The van der Waals surface area contributed by atoms with Gasteiger partial charge in [0, 0.05) is 30.7 Å². The number of alkyl halides is 1. The van der Waals surface area contributed by atoms with Crippen molar-refractivity contribution in [2.45, 2.75) is 25.3 Å². The quantitative estimate of drug-likeness (QED) is 0.700. The van der Waals surface area contributed by atoms with E-state index in [1.54, 1.807) is 0 Å². The monoisotopic (exact) mass is 215 g/mol. The average Bonchev–Trinajstić information content (AvgIpc) is 2.48. The fourth-order valence-corrected chi connectivity index (χ4v) is 1.44. The summed E-state index contributed by atoms with van der Waals surface area (Å²) in [6.07, 6.45) is 4.97. The molecule has 0 N–H and O–H groups in total. The summed E-state index contributed by atoms with van der Waals surface area (Å²) in [7, 11) is 4.04. The predicted octanol–water partition coefficient (Wildman–Crippen LogP) is 1.87. The van der Waals surface area contributed by atoms with Crippen molar-refractivity contribution < 1.29 is 0 Å². The molecule has 1 aromatic heterocycles. The molecule has 0 aliphatic carbocycles. The van der Waals surface area contributed by atoms with Gasteiger partial charge in [-0.15, -0.1) is 11.6 Å². The van der Waals surface area contributed by atoms with Gasteiger partial charge in [-0.1, -0.05) is 0 Å². The van der Waals surface area contributed by atoms with Crippen molar-refractivity contribution >= 4 is 11.6 Å². The summed E-state index contributed by atoms with van der Waals surface area (Å²) in [6.45, 7) is 4.00. The van der Waals surface area contributed by atoms with Crippen LogP contribution in [0.1, 0.15) is 18.9 Å². The number of hydrogen-bond donors (Lipinski definition) is 0. The fourth-order valence-electron chi connectivity index (χ4n) is 1.34. The SMILES string of the molecule is CC(Cl)CCN(C)Cc1cnn(C)c1. The number of aryl methyl sites for hydroxylation is 1. The molecular formula is C10H18ClN3. The molecule has 1 unspecified atom stereocenters. The minimum absolute atomic E-state index is 0.256. The molecule has 0 spiro atoms. The predicted molar refractivity (Wildman–Crippen MR) is 59.5 cm³/mol. The molecule has 0 saturated heterocycles. The number of halogens is 1. The summed E-state index contributed by atoms with van der Waals surface area (Å²) in [6, 6.07) is 0. The number of rotatable bonds is 5. The maximum absolute atomic E-state index is 5.89. The molecule has 0 radical (unpaired) electrons. The van der Waals surface area contributed by atoms with Crippen molar-refractivity contribution in [2.75, 3.05) is 13.6 Å². The minimum atomic E-state index is 0.256. The third-order valence-electron chi connectivity index (χ3n) is 2.12. The molecule has 0 aromatic carbocycles. The molecule has 1 aromatic rings. The van der Waals surface area contributed by atoms with Crippen LogP contribution in [0.4, 0.5) is 0 Å². The van der Waals surface area contributed by atoms with Gasteiger partial charge in [-0.05, 0) is 26.9 Å². The molecule has 14 heavy (non-hydrogen) atoms. The van der Waals surface area contributed by atoms with Gasteiger partial charge in [0.05, 0.1) is 6.20 Å². The second kappa shape index (κ2) is 5.37. The molecule has 0 amide bonds. The van der Waals surface area contributed by atoms with E-state index in [4.69, 9.17) is 11.6 Å². The zero-order valence-electron chi connectivity index (χ0n) is 9.07. The van der Waals surface area contributed by atoms with E-state index >= 15 is 0 Å². The summed E-state index contributed by atoms with van der Waals surface area (Å²) in [5.41, 5.74) is 1.25. The lowest BCUT2D eigenvalue weighted by molar-refractivity contribution is 0.321. The van der Waals surface area contributed by atoms with E-state index in [0.717, 1.165) is 19.5 Å². The van der Waals surface area contributed by atoms with Crippen LogP contribution >= 0.6 is 11.6 Å². The van der Waals surface area contributed by atoms with E-state index in [1.165, 1.54) is 5.56 Å². The molecule has 1 heterocycles. The fraction of sp³-hybridized carbons (Fsp3) is 0.700. The topological polar surface area (TPSA) is 21.1 Å². The molecule has 0 fully saturated rings. The third-order valence-corrected chi connectivity index (χ3v) is 2.34. The molecule has 4 heteroatoms. The Morgan fingerprint density at radius 1 is 1.64 bits per heavy atom. The Kier molecular flexibility index (Phi) is 4.42. The van der Waals surface area contributed by atoms with Gasteiger partial charge in [0.1, 0.15) is 0 Å². The lowest BCUT2D eigenvalue weighted by atomic mass is 10.3. The van der Waals surface area contributed by atoms with Crippen LogP contribution in [0.3, 0.4) is 0 Å². The first-order chi connectivity index (χ1) is 6.58. The van der Waals surface area contributed by atoms with Gasteiger partial charge in [-0.3, -0.25) is 4.68 Å². The van der Waals surface area contributed by atoms with Gasteiger partial charge < -0.3 is 4.90 Å². The van der Waals surface area contributed by atoms with Crippen molar-refractivity contribution in [3.8, 4) is 0 Å². The first-order valence-corrected chi connectivity index (χ1v) is 5.31. The van der Waals surface area contributed by atoms with Gasteiger partial charge in [-0.25, -0.2) is 0 Å². The highest BCUT2D eigenvalue weighted by molar-refractivity contribution is 6.20. The zero-order valence-corrected chi connectivity index (χ0v) is 9.83. The van der Waals surface area contributed by atoms with Crippen LogP contribution in [-0.4, -0.2) is 33.6 Å². The van der Waals surface area contributed by atoms with Crippen molar-refractivity contribution in [1.82, 2.24) is 14.7 Å². The second-order valence-electron chi connectivity index (χ2n) is 3.83. The highest BCUT2D eigenvalue weighted by Crippen LogP contribution is 2.05. The van der Waals surface area contributed by atoms with Gasteiger partial charge in [-0.2, -0.15) is 5.10 Å². The second-order valence-corrected chi connectivity index (χ2v) is 4.57. The highest BCUT2D eigenvalue weighted by atomic mass is 35.5. The average molecular weight is 216 g/mol. The highest BCUT2D eigenvalue weighted by Gasteiger charge is 2.03. The van der Waals surface area contributed by atoms with Gasteiger partial charge in [0.15, 0.2) is 0 Å². The number of nitrogens with zero attached hydrogens (tertiary/aromatic N) is 3. The molecule has 0 bridgehead atoms. The lowest BCUT2D eigenvalue weighted by Crippen LogP contribution is -2.20. The summed E-state index contributed by atoms with van der Waals surface area (Å²) >= 11 is 5.89. The Morgan fingerprint density at radius 3 is 2.86 bits per heavy atom. The number of aromatic nitrogens is 2. The summed E-state index contributed by atoms with van der Waals surface area (Å²) in [5.74, 6) is 0. The lowest BCUT2D eigenvalue weighted by Gasteiger charge is -2.15. The molecular weight excluding hydrogens is 198 g/mol. The largest absolute Gasteiger partial charge is 0.302 e. The van der Waals surface area contributed by atoms with E-state index in [0.29, 0.717) is 0 Å². The normalized spacial score (nSPS) is 13.5. The zero-order chi connectivity index (χ0) is 10.6. The molecule has 0 aliphatic rings. The first-order valence-electron chi connectivity index (χ1n) is 4.88. The van der Waals surface area contributed by atoms with Crippen molar-refractivity contribution in [2.24, 2.45) is 7.05 Å². The Bertz CT molecular complexity index is 270. The Labute approximate surface area is 90.7 Å². The molecule has 1 atom stereocenters. The Balaban J connectivity index is 2.30. The standard InChI is InChI=1S/C10H18ClN3/c1-9(11)4-5-13(2)7-10-6-12-14(3)8-10/h6,8-9H,4-5,7H2,1-3H3. The van der Waals surface area contributed by atoms with Crippen LogP contribution in [-0.2, 0) is 13.6 Å². The smallest absolute Gasteiger partial charge is 0.0534 e. The third kappa shape index (κ3) is 4.11. The van der Waals surface area contributed by atoms with Gasteiger partial charge in [0.25, 0.3) is 0 Å². The van der Waals surface area contributed by atoms with Crippen LogP contribution < -0.4 is 0 Å². The van der Waals surface area contributed by atoms with E-state index < -0.39 is 0 Å². The molecule has 0 aliphatic heterocycles. The van der Waals surface area contributed by atoms with Crippen LogP contribution in [0.5, 0.6) is 0 Å². The van der Waals surface area contributed by atoms with E-state index in [9.17, 15) is 0 Å². The van der Waals surface area contributed by atoms with Gasteiger partial charge >= 0.3 is 0 Å². The van der Waals surface area contributed by atoms with Gasteiger partial charge in [0.2, 0.25) is 0 Å². The van der Waals surface area contributed by atoms with Crippen LogP contribution in [0.2, 0.25) is 0 Å². The van der Waals surface area contributed by atoms with Crippen molar-refractivity contribution in [3.63, 3.8) is 0 Å². The Hall–Kier alpha value is -0.540. The van der Waals surface area contributed by atoms with E-state index in [-0.39, 0.29) is 5.38 Å². The maximum atomic E-state index is 5.89. The first kappa shape index (κ1) is 11.5. The van der Waals surface area contributed by atoms with Crippen molar-refractivity contribution in [3.05, 3.63) is 18.0 Å².